The van der Waals surface area contributed by atoms with Crippen molar-refractivity contribution in [2.75, 3.05) is 0 Å². The van der Waals surface area contributed by atoms with Gasteiger partial charge in [-0.3, -0.25) is 4.79 Å². The van der Waals surface area contributed by atoms with Crippen LogP contribution in [-0.4, -0.2) is 39.9 Å². The Labute approximate surface area is 206 Å². The van der Waals surface area contributed by atoms with Crippen molar-refractivity contribution < 1.29 is 19.7 Å². The summed E-state index contributed by atoms with van der Waals surface area (Å²) in [5, 5.41) is 21.5. The topological polar surface area (TPSA) is 66.8 Å². The van der Waals surface area contributed by atoms with E-state index in [0.717, 1.165) is 25.7 Å². The lowest BCUT2D eigenvalue weighted by Gasteiger charge is -2.63. The Bertz CT molecular complexity index is 903. The Hall–Kier alpha value is -0.710. The Balaban J connectivity index is 1.47. The molecule has 1 aliphatic heterocycles. The van der Waals surface area contributed by atoms with Gasteiger partial charge in [0.15, 0.2) is 0 Å². The molecule has 192 valence electrons. The molecule has 34 heavy (non-hydrogen) atoms. The second-order valence-electron chi connectivity index (χ2n) is 14.6. The number of hydrogen-bond donors (Lipinski definition) is 2. The maximum Gasteiger partial charge on any atom is 0.138 e. The Morgan fingerprint density at radius 2 is 1.68 bits per heavy atom. The van der Waals surface area contributed by atoms with E-state index >= 15 is 0 Å². The molecule has 0 bridgehead atoms. The molecule has 0 aromatic carbocycles. The van der Waals surface area contributed by atoms with Crippen LogP contribution in [0.4, 0.5) is 0 Å². The molecule has 0 amide bonds. The van der Waals surface area contributed by atoms with Crippen molar-refractivity contribution in [2.24, 2.45) is 45.3 Å². The first-order valence-electron chi connectivity index (χ1n) is 13.9. The largest absolute Gasteiger partial charge is 0.388 e. The van der Waals surface area contributed by atoms with Gasteiger partial charge in [0.05, 0.1) is 11.7 Å². The third kappa shape index (κ3) is 2.97. The zero-order valence-corrected chi connectivity index (χ0v) is 22.8. The van der Waals surface area contributed by atoms with Gasteiger partial charge in [-0.15, -0.1) is 0 Å². The second-order valence-corrected chi connectivity index (χ2v) is 14.6. The summed E-state index contributed by atoms with van der Waals surface area (Å²) in [5.41, 5.74) is 1.24. The van der Waals surface area contributed by atoms with Crippen molar-refractivity contribution in [1.82, 2.24) is 0 Å². The molecule has 0 unspecified atom stereocenters. The molecular formula is C30H48O4. The minimum absolute atomic E-state index is 0.145. The molecule has 1 saturated heterocycles. The van der Waals surface area contributed by atoms with E-state index in [1.165, 1.54) is 19.3 Å². The van der Waals surface area contributed by atoms with E-state index in [-0.39, 0.29) is 33.7 Å². The summed E-state index contributed by atoms with van der Waals surface area (Å²) in [5.74, 6) is 2.10. The number of rotatable bonds is 2. The van der Waals surface area contributed by atoms with E-state index in [4.69, 9.17) is 4.74 Å². The molecule has 0 aromatic rings. The first kappa shape index (κ1) is 25.0. The Morgan fingerprint density at radius 1 is 1.00 bits per heavy atom. The van der Waals surface area contributed by atoms with Gasteiger partial charge in [0.2, 0.25) is 0 Å². The van der Waals surface area contributed by atoms with E-state index < -0.39 is 17.8 Å². The molecule has 4 nitrogen and oxygen atoms in total. The van der Waals surface area contributed by atoms with Gasteiger partial charge in [0, 0.05) is 11.8 Å². The van der Waals surface area contributed by atoms with Gasteiger partial charge in [-0.05, 0) is 92.3 Å². The Morgan fingerprint density at radius 3 is 2.29 bits per heavy atom. The number of aliphatic hydroxyl groups is 2. The number of ketones is 1. The molecule has 4 fully saturated rings. The Kier molecular flexibility index (Phi) is 5.44. The van der Waals surface area contributed by atoms with Gasteiger partial charge in [0.1, 0.15) is 18.0 Å². The van der Waals surface area contributed by atoms with E-state index in [1.54, 1.807) is 5.57 Å². The minimum Gasteiger partial charge on any atom is -0.388 e. The number of aliphatic hydroxyl groups excluding tert-OH is 2. The van der Waals surface area contributed by atoms with E-state index in [2.05, 4.69) is 47.6 Å². The average Bonchev–Trinajstić information content (AvgIpc) is 3.15. The molecule has 10 atom stereocenters. The van der Waals surface area contributed by atoms with Crippen molar-refractivity contribution in [3.63, 3.8) is 0 Å². The molecule has 4 aliphatic carbocycles. The van der Waals surface area contributed by atoms with E-state index in [9.17, 15) is 15.0 Å². The van der Waals surface area contributed by atoms with Gasteiger partial charge < -0.3 is 14.9 Å². The molecular weight excluding hydrogens is 424 g/mol. The first-order chi connectivity index (χ1) is 15.6. The molecule has 2 N–H and O–H groups in total. The molecule has 0 spiro atoms. The van der Waals surface area contributed by atoms with E-state index in [1.807, 2.05) is 13.8 Å². The van der Waals surface area contributed by atoms with Crippen LogP contribution in [0.15, 0.2) is 11.6 Å². The van der Waals surface area contributed by atoms with Crippen molar-refractivity contribution in [1.29, 1.82) is 0 Å². The van der Waals surface area contributed by atoms with Crippen LogP contribution in [0.5, 0.6) is 0 Å². The highest BCUT2D eigenvalue weighted by Crippen LogP contribution is 2.73. The summed E-state index contributed by atoms with van der Waals surface area (Å²) in [7, 11) is 0. The van der Waals surface area contributed by atoms with Gasteiger partial charge in [-0.25, -0.2) is 0 Å². The van der Waals surface area contributed by atoms with Crippen LogP contribution in [-0.2, 0) is 9.53 Å². The molecule has 1 heterocycles. The smallest absolute Gasteiger partial charge is 0.138 e. The third-order valence-electron chi connectivity index (χ3n) is 12.6. The fourth-order valence-electron chi connectivity index (χ4n) is 10.1. The summed E-state index contributed by atoms with van der Waals surface area (Å²) in [6, 6.07) is 0. The minimum atomic E-state index is -0.841. The number of fused-ring (bicyclic) bond motifs is 5. The normalized spacial score (nSPS) is 52.4. The molecule has 4 heteroatoms. The van der Waals surface area contributed by atoms with Crippen molar-refractivity contribution in [3.05, 3.63) is 11.6 Å². The fourth-order valence-corrected chi connectivity index (χ4v) is 10.1. The second kappa shape index (κ2) is 7.42. The van der Waals surface area contributed by atoms with Crippen molar-refractivity contribution in [3.8, 4) is 0 Å². The number of hydrogen-bond acceptors (Lipinski definition) is 4. The van der Waals surface area contributed by atoms with Crippen LogP contribution in [0.1, 0.15) is 100 Å². The third-order valence-corrected chi connectivity index (χ3v) is 12.6. The van der Waals surface area contributed by atoms with E-state index in [0.29, 0.717) is 23.5 Å². The average molecular weight is 473 g/mol. The number of allylic oxidation sites excluding steroid dienone is 2. The number of carbonyl (C=O) groups is 1. The lowest BCUT2D eigenvalue weighted by molar-refractivity contribution is -0.146. The molecule has 5 aliphatic rings. The highest BCUT2D eigenvalue weighted by atomic mass is 16.6. The summed E-state index contributed by atoms with van der Waals surface area (Å²) in [6.45, 7) is 17.9. The van der Waals surface area contributed by atoms with Crippen LogP contribution in [0.25, 0.3) is 0 Å². The quantitative estimate of drug-likeness (QED) is 0.506. The predicted octanol–water partition coefficient (Wildman–Crippen LogP) is 5.70. The standard InChI is InChI=1S/C30H48O4/c1-17(24-23(32)25(33)27(4,5)34-24)18-11-15-30(8)20-9-10-21-26(2,3)22(31)13-14-28(21,6)19(20)12-16-29(18,30)7/h9,17-19,21,23-25,32-33H,10-16H2,1-8H3/t17-,18+,19+,21+,23+,24+,25+,28+,29+,30+/m1/s1. The fraction of sp³-hybridized carbons (Fsp3) is 0.900. The van der Waals surface area contributed by atoms with Gasteiger partial charge >= 0.3 is 0 Å². The van der Waals surface area contributed by atoms with Gasteiger partial charge in [-0.2, -0.15) is 0 Å². The SMILES string of the molecule is C[C@@H]([C@@H]1OC(C)(C)[C@@H](O)[C@H]1O)[C@@H]1CC[C@@]2(C)C3=CC[C@H]4C(C)(C)C(=O)CC[C@@]4(C)[C@H]3CC[C@@]12C. The van der Waals surface area contributed by atoms with Crippen molar-refractivity contribution in [2.45, 2.75) is 124 Å². The summed E-state index contributed by atoms with van der Waals surface area (Å²) in [6.07, 6.45) is 8.07. The molecule has 0 radical (unpaired) electrons. The number of ether oxygens (including phenoxy) is 1. The number of carbonyl (C=O) groups excluding carboxylic acids is 1. The zero-order chi connectivity index (χ0) is 25.1. The highest BCUT2D eigenvalue weighted by Gasteiger charge is 2.66. The van der Waals surface area contributed by atoms with Crippen molar-refractivity contribution >= 4 is 5.78 Å². The van der Waals surface area contributed by atoms with Crippen LogP contribution in [0.3, 0.4) is 0 Å². The molecule has 5 rings (SSSR count). The van der Waals surface area contributed by atoms with Crippen LogP contribution < -0.4 is 0 Å². The van der Waals surface area contributed by atoms with Gasteiger partial charge in [-0.1, -0.05) is 53.2 Å². The summed E-state index contributed by atoms with van der Waals surface area (Å²) in [4.78, 5) is 12.8. The lowest BCUT2D eigenvalue weighted by atomic mass is 9.41. The predicted molar refractivity (Wildman–Crippen MR) is 134 cm³/mol. The van der Waals surface area contributed by atoms with Gasteiger partial charge in [0.25, 0.3) is 0 Å². The first-order valence-corrected chi connectivity index (χ1v) is 13.9. The molecule has 3 saturated carbocycles. The summed E-state index contributed by atoms with van der Waals surface area (Å²) >= 11 is 0. The monoisotopic (exact) mass is 472 g/mol. The van der Waals surface area contributed by atoms with Crippen LogP contribution in [0.2, 0.25) is 0 Å². The zero-order valence-electron chi connectivity index (χ0n) is 22.8. The lowest BCUT2D eigenvalue weighted by Crippen LogP contribution is -2.57. The number of Topliss-reactive ketones (excluding diaryl/α,β-unsaturated/α-hetero) is 1. The maximum absolute atomic E-state index is 12.8. The van der Waals surface area contributed by atoms with Crippen LogP contribution in [0, 0.1) is 45.3 Å². The molecule has 0 aromatic heterocycles. The highest BCUT2D eigenvalue weighted by molar-refractivity contribution is 5.85. The summed E-state index contributed by atoms with van der Waals surface area (Å²) < 4.78 is 6.28. The van der Waals surface area contributed by atoms with Crippen LogP contribution >= 0.6 is 0 Å². The maximum atomic E-state index is 12.8.